The molecule has 0 aromatic carbocycles. The van der Waals surface area contributed by atoms with Gasteiger partial charge in [-0.1, -0.05) is 0 Å². The highest BCUT2D eigenvalue weighted by atomic mass is 15.3. The van der Waals surface area contributed by atoms with Crippen LogP contribution in [0.1, 0.15) is 40.5 Å². The summed E-state index contributed by atoms with van der Waals surface area (Å²) in [5.74, 6) is 1.14. The molecule has 2 fully saturated rings. The van der Waals surface area contributed by atoms with Gasteiger partial charge in [-0.05, 0) is 52.7 Å². The van der Waals surface area contributed by atoms with Crippen LogP contribution in [0.3, 0.4) is 0 Å². The first kappa shape index (κ1) is 19.4. The molecule has 2 aliphatic heterocycles. The Morgan fingerprint density at radius 3 is 1.81 bits per heavy atom. The Kier molecular flexibility index (Phi) is 6.76. The first-order chi connectivity index (χ1) is 12.5. The van der Waals surface area contributed by atoms with Gasteiger partial charge in [-0.15, -0.1) is 0 Å². The molecule has 5 heteroatoms. The molecular formula is C21H37N5. The lowest BCUT2D eigenvalue weighted by Crippen LogP contribution is -2.35. The SMILES string of the molecule is CC(C)N1CCCN(c2ccc(N3CCCN(C(C)C)CC3)nc2)CC1. The summed E-state index contributed by atoms with van der Waals surface area (Å²) in [7, 11) is 0. The van der Waals surface area contributed by atoms with E-state index in [4.69, 9.17) is 4.98 Å². The number of aromatic nitrogens is 1. The maximum absolute atomic E-state index is 4.83. The zero-order chi connectivity index (χ0) is 18.5. The fraction of sp³-hybridized carbons (Fsp3) is 0.762. The molecule has 0 radical (unpaired) electrons. The fourth-order valence-corrected chi connectivity index (χ4v) is 4.15. The Bertz CT molecular complexity index is 493. The molecule has 0 spiro atoms. The van der Waals surface area contributed by atoms with Gasteiger partial charge in [0.1, 0.15) is 5.82 Å². The Hall–Kier alpha value is -1.33. The van der Waals surface area contributed by atoms with Crippen molar-refractivity contribution in [3.63, 3.8) is 0 Å². The van der Waals surface area contributed by atoms with Crippen LogP contribution >= 0.6 is 0 Å². The van der Waals surface area contributed by atoms with E-state index >= 15 is 0 Å². The third kappa shape index (κ3) is 4.89. The summed E-state index contributed by atoms with van der Waals surface area (Å²) < 4.78 is 0. The summed E-state index contributed by atoms with van der Waals surface area (Å²) in [4.78, 5) is 14.9. The van der Waals surface area contributed by atoms with E-state index in [1.54, 1.807) is 0 Å². The normalized spacial score (nSPS) is 21.3. The molecular weight excluding hydrogens is 322 g/mol. The third-order valence-electron chi connectivity index (χ3n) is 5.94. The quantitative estimate of drug-likeness (QED) is 0.823. The summed E-state index contributed by atoms with van der Waals surface area (Å²) in [6.45, 7) is 18.3. The maximum atomic E-state index is 4.83. The van der Waals surface area contributed by atoms with E-state index in [0.29, 0.717) is 12.1 Å². The Morgan fingerprint density at radius 1 is 0.692 bits per heavy atom. The Balaban J connectivity index is 1.60. The number of rotatable bonds is 4. The second kappa shape index (κ2) is 9.05. The predicted octanol–water partition coefficient (Wildman–Crippen LogP) is 2.92. The number of hydrogen-bond acceptors (Lipinski definition) is 5. The van der Waals surface area contributed by atoms with E-state index in [-0.39, 0.29) is 0 Å². The van der Waals surface area contributed by atoms with Gasteiger partial charge in [0.2, 0.25) is 0 Å². The number of anilines is 2. The molecule has 3 heterocycles. The van der Waals surface area contributed by atoms with E-state index in [0.717, 1.165) is 45.1 Å². The molecule has 1 aromatic heterocycles. The van der Waals surface area contributed by atoms with Crippen LogP contribution in [-0.4, -0.2) is 79.2 Å². The van der Waals surface area contributed by atoms with Gasteiger partial charge in [-0.3, -0.25) is 9.80 Å². The van der Waals surface area contributed by atoms with Crippen molar-refractivity contribution in [2.45, 2.75) is 52.6 Å². The topological polar surface area (TPSA) is 25.9 Å². The highest BCUT2D eigenvalue weighted by Gasteiger charge is 2.19. The zero-order valence-electron chi connectivity index (χ0n) is 17.2. The zero-order valence-corrected chi connectivity index (χ0v) is 17.2. The van der Waals surface area contributed by atoms with Crippen LogP contribution in [-0.2, 0) is 0 Å². The summed E-state index contributed by atoms with van der Waals surface area (Å²) in [6.07, 6.45) is 4.54. The predicted molar refractivity (Wildman–Crippen MR) is 111 cm³/mol. The van der Waals surface area contributed by atoms with Gasteiger partial charge in [0.15, 0.2) is 0 Å². The molecule has 5 nitrogen and oxygen atoms in total. The second-order valence-electron chi connectivity index (χ2n) is 8.32. The van der Waals surface area contributed by atoms with Crippen molar-refractivity contribution in [2.75, 3.05) is 62.2 Å². The van der Waals surface area contributed by atoms with Crippen molar-refractivity contribution in [1.82, 2.24) is 14.8 Å². The van der Waals surface area contributed by atoms with Crippen LogP contribution in [0.5, 0.6) is 0 Å². The lowest BCUT2D eigenvalue weighted by molar-refractivity contribution is 0.238. The molecule has 1 aromatic rings. The molecule has 3 rings (SSSR count). The summed E-state index contributed by atoms with van der Waals surface area (Å²) >= 11 is 0. The van der Waals surface area contributed by atoms with Crippen molar-refractivity contribution in [1.29, 1.82) is 0 Å². The second-order valence-corrected chi connectivity index (χ2v) is 8.32. The molecule has 0 N–H and O–H groups in total. The summed E-state index contributed by atoms with van der Waals surface area (Å²) in [5, 5.41) is 0. The fourth-order valence-electron chi connectivity index (χ4n) is 4.15. The molecule has 146 valence electrons. The van der Waals surface area contributed by atoms with E-state index in [1.807, 2.05) is 0 Å². The van der Waals surface area contributed by atoms with Gasteiger partial charge in [0, 0.05) is 64.4 Å². The van der Waals surface area contributed by atoms with E-state index in [9.17, 15) is 0 Å². The van der Waals surface area contributed by atoms with Crippen LogP contribution < -0.4 is 9.80 Å². The molecule has 0 aliphatic carbocycles. The lowest BCUT2D eigenvalue weighted by Gasteiger charge is -2.27. The first-order valence-electron chi connectivity index (χ1n) is 10.5. The Morgan fingerprint density at radius 2 is 1.27 bits per heavy atom. The van der Waals surface area contributed by atoms with Crippen LogP contribution in [0.4, 0.5) is 11.5 Å². The van der Waals surface area contributed by atoms with Gasteiger partial charge >= 0.3 is 0 Å². The number of hydrogen-bond donors (Lipinski definition) is 0. The average molecular weight is 360 g/mol. The van der Waals surface area contributed by atoms with Gasteiger partial charge in [-0.25, -0.2) is 4.98 Å². The largest absolute Gasteiger partial charge is 0.369 e. The van der Waals surface area contributed by atoms with Crippen molar-refractivity contribution >= 4 is 11.5 Å². The minimum absolute atomic E-state index is 0.638. The van der Waals surface area contributed by atoms with E-state index < -0.39 is 0 Å². The third-order valence-corrected chi connectivity index (χ3v) is 5.94. The maximum Gasteiger partial charge on any atom is 0.128 e. The van der Waals surface area contributed by atoms with Gasteiger partial charge in [-0.2, -0.15) is 0 Å². The van der Waals surface area contributed by atoms with Crippen molar-refractivity contribution < 1.29 is 0 Å². The van der Waals surface area contributed by atoms with Gasteiger partial charge < -0.3 is 9.80 Å². The monoisotopic (exact) mass is 359 g/mol. The first-order valence-corrected chi connectivity index (χ1v) is 10.5. The standard InChI is InChI=1S/C21H37N5/c1-18(2)23-9-5-11-25(15-13-23)20-7-8-21(22-17-20)26-12-6-10-24(14-16-26)19(3)4/h7-8,17-19H,5-6,9-16H2,1-4H3. The highest BCUT2D eigenvalue weighted by Crippen LogP contribution is 2.21. The summed E-state index contributed by atoms with van der Waals surface area (Å²) in [6, 6.07) is 5.78. The molecule has 2 saturated heterocycles. The van der Waals surface area contributed by atoms with Crippen molar-refractivity contribution in [3.05, 3.63) is 18.3 Å². The molecule has 26 heavy (non-hydrogen) atoms. The van der Waals surface area contributed by atoms with Crippen LogP contribution in [0.25, 0.3) is 0 Å². The molecule has 2 aliphatic rings. The van der Waals surface area contributed by atoms with Crippen LogP contribution in [0.2, 0.25) is 0 Å². The van der Waals surface area contributed by atoms with Crippen LogP contribution in [0.15, 0.2) is 18.3 Å². The van der Waals surface area contributed by atoms with Gasteiger partial charge in [0.05, 0.1) is 11.9 Å². The molecule has 0 amide bonds. The minimum atomic E-state index is 0.638. The number of pyridine rings is 1. The Labute approximate surface area is 160 Å². The van der Waals surface area contributed by atoms with Crippen molar-refractivity contribution in [3.8, 4) is 0 Å². The smallest absolute Gasteiger partial charge is 0.128 e. The molecule has 0 unspecified atom stereocenters. The highest BCUT2D eigenvalue weighted by molar-refractivity contribution is 5.50. The molecule has 0 bridgehead atoms. The summed E-state index contributed by atoms with van der Waals surface area (Å²) in [5.41, 5.74) is 1.28. The average Bonchev–Trinajstić information content (AvgIpc) is 3.03. The lowest BCUT2D eigenvalue weighted by atomic mass is 10.3. The van der Waals surface area contributed by atoms with Crippen LogP contribution in [0, 0.1) is 0 Å². The van der Waals surface area contributed by atoms with E-state index in [1.165, 1.54) is 31.6 Å². The minimum Gasteiger partial charge on any atom is -0.369 e. The van der Waals surface area contributed by atoms with Gasteiger partial charge in [0.25, 0.3) is 0 Å². The molecule has 0 saturated carbocycles. The van der Waals surface area contributed by atoms with E-state index in [2.05, 4.69) is 65.6 Å². The molecule has 0 atom stereocenters. The van der Waals surface area contributed by atoms with Crippen molar-refractivity contribution in [2.24, 2.45) is 0 Å². The number of nitrogens with zero attached hydrogens (tertiary/aromatic N) is 5.